The number of rotatable bonds is 6. The van der Waals surface area contributed by atoms with Crippen LogP contribution >= 0.6 is 0 Å². The number of ether oxygens (including phenoxy) is 2. The van der Waals surface area contributed by atoms with Crippen LogP contribution in [0.4, 0.5) is 0 Å². The van der Waals surface area contributed by atoms with Crippen LogP contribution in [0, 0.1) is 23.2 Å². The average molecular weight is 400 g/mol. The molecule has 4 rings (SSSR count). The largest absolute Gasteiger partial charge is 0.496 e. The third-order valence-corrected chi connectivity index (χ3v) is 7.70. The van der Waals surface area contributed by atoms with Crippen molar-refractivity contribution in [3.8, 4) is 5.75 Å². The van der Waals surface area contributed by atoms with Crippen LogP contribution in [0.2, 0.25) is 0 Å². The van der Waals surface area contributed by atoms with Gasteiger partial charge in [-0.25, -0.2) is 0 Å². The van der Waals surface area contributed by atoms with Crippen molar-refractivity contribution in [2.24, 2.45) is 23.2 Å². The van der Waals surface area contributed by atoms with Gasteiger partial charge in [-0.05, 0) is 43.4 Å². The lowest BCUT2D eigenvalue weighted by Gasteiger charge is -2.51. The molecule has 0 aromatic heterocycles. The van der Waals surface area contributed by atoms with Crippen LogP contribution in [0.15, 0.2) is 35.9 Å². The lowest BCUT2D eigenvalue weighted by Crippen LogP contribution is -2.54. The van der Waals surface area contributed by atoms with E-state index in [9.17, 15) is 9.90 Å². The van der Waals surface area contributed by atoms with Gasteiger partial charge < -0.3 is 19.9 Å². The molecule has 2 fully saturated rings. The minimum atomic E-state index is -0.546. The summed E-state index contributed by atoms with van der Waals surface area (Å²) in [6, 6.07) is 7.99. The van der Waals surface area contributed by atoms with Crippen molar-refractivity contribution in [3.63, 3.8) is 0 Å². The van der Waals surface area contributed by atoms with Gasteiger partial charge in [0.2, 0.25) is 0 Å². The highest BCUT2D eigenvalue weighted by Gasteiger charge is 2.59. The highest BCUT2D eigenvalue weighted by molar-refractivity contribution is 5.76. The second-order valence-electron chi connectivity index (χ2n) is 9.06. The van der Waals surface area contributed by atoms with Gasteiger partial charge in [-0.1, -0.05) is 43.7 Å². The molecule has 0 spiro atoms. The number of nitrogens with one attached hydrogen (secondary N) is 1. The highest BCUT2D eigenvalue weighted by Crippen LogP contribution is 2.55. The number of allylic oxidation sites excluding steroid dienone is 1. The number of aliphatic hydroxyl groups excluding tert-OH is 1. The molecule has 0 unspecified atom stereocenters. The molecule has 158 valence electrons. The number of hydrogen-bond donors (Lipinski definition) is 2. The topological polar surface area (TPSA) is 67.8 Å². The normalized spacial score (nSPS) is 36.1. The Balaban J connectivity index is 1.41. The molecule has 29 heavy (non-hydrogen) atoms. The van der Waals surface area contributed by atoms with E-state index in [1.54, 1.807) is 7.11 Å². The number of hydrogen-bond acceptors (Lipinski definition) is 5. The Labute approximate surface area is 173 Å². The maximum Gasteiger partial charge on any atom is 0.311 e. The molecule has 1 aromatic rings. The summed E-state index contributed by atoms with van der Waals surface area (Å²) in [5.74, 6) is 0.702. The van der Waals surface area contributed by atoms with Gasteiger partial charge in [0, 0.05) is 24.3 Å². The number of esters is 1. The molecule has 1 saturated carbocycles. The first-order valence-electron chi connectivity index (χ1n) is 10.9. The number of benzene rings is 1. The minimum absolute atomic E-state index is 0.135. The maximum absolute atomic E-state index is 12.6. The summed E-state index contributed by atoms with van der Waals surface area (Å²) in [4.78, 5) is 12.6. The van der Waals surface area contributed by atoms with E-state index in [0.717, 1.165) is 43.5 Å². The third-order valence-electron chi connectivity index (χ3n) is 7.70. The first-order chi connectivity index (χ1) is 14.0. The second-order valence-corrected chi connectivity index (χ2v) is 9.06. The number of para-hydroxylation sites is 1. The first-order valence-corrected chi connectivity index (χ1v) is 10.9. The average Bonchev–Trinajstić information content (AvgIpc) is 3.03. The molecule has 1 saturated heterocycles. The van der Waals surface area contributed by atoms with E-state index in [1.165, 1.54) is 5.57 Å². The number of fused-ring (bicyclic) bond motifs is 2. The van der Waals surface area contributed by atoms with E-state index in [2.05, 4.69) is 31.3 Å². The van der Waals surface area contributed by atoms with Gasteiger partial charge in [0.15, 0.2) is 0 Å². The molecule has 6 atom stereocenters. The van der Waals surface area contributed by atoms with Crippen LogP contribution in [0.25, 0.3) is 0 Å². The molecule has 3 aliphatic rings. The smallest absolute Gasteiger partial charge is 0.311 e. The fourth-order valence-electron chi connectivity index (χ4n) is 5.69. The number of methoxy groups -OCH3 is 1. The van der Waals surface area contributed by atoms with Gasteiger partial charge in [-0.15, -0.1) is 0 Å². The van der Waals surface area contributed by atoms with Crippen molar-refractivity contribution in [1.29, 1.82) is 0 Å². The summed E-state index contributed by atoms with van der Waals surface area (Å²) < 4.78 is 11.1. The van der Waals surface area contributed by atoms with E-state index < -0.39 is 6.10 Å². The molecular weight excluding hydrogens is 366 g/mol. The number of aliphatic hydroxyl groups is 1. The molecule has 1 heterocycles. The molecule has 2 N–H and O–H groups in total. The third kappa shape index (κ3) is 3.49. The predicted molar refractivity (Wildman–Crippen MR) is 112 cm³/mol. The fourth-order valence-corrected chi connectivity index (χ4v) is 5.69. The maximum atomic E-state index is 12.6. The van der Waals surface area contributed by atoms with Gasteiger partial charge in [-0.2, -0.15) is 0 Å². The second kappa shape index (κ2) is 8.11. The zero-order valence-corrected chi connectivity index (χ0v) is 17.7. The molecule has 0 amide bonds. The van der Waals surface area contributed by atoms with Crippen LogP contribution in [-0.4, -0.2) is 43.5 Å². The molecule has 0 bridgehead atoms. The zero-order valence-electron chi connectivity index (χ0n) is 17.7. The summed E-state index contributed by atoms with van der Waals surface area (Å²) in [6.45, 7) is 5.69. The Morgan fingerprint density at radius 1 is 1.34 bits per heavy atom. The van der Waals surface area contributed by atoms with Crippen LogP contribution in [0.1, 0.15) is 38.7 Å². The zero-order chi connectivity index (χ0) is 20.6. The van der Waals surface area contributed by atoms with Gasteiger partial charge in [0.05, 0.1) is 19.1 Å². The van der Waals surface area contributed by atoms with Crippen molar-refractivity contribution < 1.29 is 19.4 Å². The van der Waals surface area contributed by atoms with Crippen LogP contribution < -0.4 is 10.1 Å². The van der Waals surface area contributed by atoms with Gasteiger partial charge in [0.25, 0.3) is 0 Å². The molecule has 1 aliphatic heterocycles. The van der Waals surface area contributed by atoms with Crippen molar-refractivity contribution in [1.82, 2.24) is 5.32 Å². The van der Waals surface area contributed by atoms with Crippen molar-refractivity contribution in [2.45, 2.75) is 51.7 Å². The first kappa shape index (κ1) is 20.4. The fraction of sp³-hybridized carbons (Fsp3) is 0.625. The SMILES string of the molecule is COc1ccccc1CCNC[C@@H]1C(=O)O[C@@H]2CC3=CCC[C@@H](C)[C@@]3(C)[C@H](O)[C@H]12. The van der Waals surface area contributed by atoms with E-state index in [1.807, 2.05) is 18.2 Å². The van der Waals surface area contributed by atoms with Crippen molar-refractivity contribution in [2.75, 3.05) is 20.2 Å². The van der Waals surface area contributed by atoms with Gasteiger partial charge in [0.1, 0.15) is 11.9 Å². The summed E-state index contributed by atoms with van der Waals surface area (Å²) in [5.41, 5.74) is 2.18. The summed E-state index contributed by atoms with van der Waals surface area (Å²) in [5, 5.41) is 14.8. The van der Waals surface area contributed by atoms with E-state index in [0.29, 0.717) is 12.5 Å². The summed E-state index contributed by atoms with van der Waals surface area (Å²) >= 11 is 0. The van der Waals surface area contributed by atoms with Crippen LogP contribution in [0.3, 0.4) is 0 Å². The highest BCUT2D eigenvalue weighted by atomic mass is 16.6. The van der Waals surface area contributed by atoms with E-state index in [4.69, 9.17) is 9.47 Å². The summed E-state index contributed by atoms with van der Waals surface area (Å²) in [6.07, 6.45) is 5.27. The Kier molecular flexibility index (Phi) is 5.71. The Bertz CT molecular complexity index is 791. The monoisotopic (exact) mass is 399 g/mol. The number of carbonyl (C=O) groups is 1. The molecular formula is C24H33NO4. The van der Waals surface area contributed by atoms with Crippen LogP contribution in [0.5, 0.6) is 5.75 Å². The lowest BCUT2D eigenvalue weighted by molar-refractivity contribution is -0.144. The van der Waals surface area contributed by atoms with Crippen molar-refractivity contribution in [3.05, 3.63) is 41.5 Å². The minimum Gasteiger partial charge on any atom is -0.496 e. The molecule has 0 radical (unpaired) electrons. The van der Waals surface area contributed by atoms with Gasteiger partial charge >= 0.3 is 5.97 Å². The molecule has 2 aliphatic carbocycles. The number of carbonyl (C=O) groups excluding carboxylic acids is 1. The quantitative estimate of drug-likeness (QED) is 0.437. The Morgan fingerprint density at radius 2 is 2.14 bits per heavy atom. The summed E-state index contributed by atoms with van der Waals surface area (Å²) in [7, 11) is 1.68. The lowest BCUT2D eigenvalue weighted by atomic mass is 9.55. The van der Waals surface area contributed by atoms with Crippen LogP contribution in [-0.2, 0) is 16.0 Å². The van der Waals surface area contributed by atoms with Crippen molar-refractivity contribution >= 4 is 5.97 Å². The molecule has 5 heteroatoms. The molecule has 5 nitrogen and oxygen atoms in total. The Hall–Kier alpha value is -1.85. The van der Waals surface area contributed by atoms with E-state index >= 15 is 0 Å². The Morgan fingerprint density at radius 3 is 2.93 bits per heavy atom. The van der Waals surface area contributed by atoms with E-state index in [-0.39, 0.29) is 29.3 Å². The standard InChI is InChI=1S/C24H33NO4/c1-15-7-6-9-17-13-20-21(22(26)24(15,17)2)18(23(27)29-20)14-25-12-11-16-8-4-5-10-19(16)28-3/h4-5,8-10,15,18,20-22,25-26H,6-7,11-14H2,1-3H3/t15-,18+,20-,21-,22-,24-/m1/s1. The predicted octanol–water partition coefficient (Wildman–Crippen LogP) is 3.11. The molecule has 1 aromatic carbocycles. The van der Waals surface area contributed by atoms with Gasteiger partial charge in [-0.3, -0.25) is 4.79 Å².